The molecule has 1 aromatic heterocycles. The van der Waals surface area contributed by atoms with Gasteiger partial charge in [-0.05, 0) is 12.8 Å². The van der Waals surface area contributed by atoms with E-state index in [1.165, 1.54) is 12.1 Å². The molecule has 0 fully saturated rings. The zero-order valence-electron chi connectivity index (χ0n) is 11.8. The second kappa shape index (κ2) is 5.99. The van der Waals surface area contributed by atoms with Crippen molar-refractivity contribution >= 4 is 11.0 Å². The van der Waals surface area contributed by atoms with E-state index in [2.05, 4.69) is 13.8 Å². The van der Waals surface area contributed by atoms with E-state index in [1.807, 2.05) is 0 Å². The third kappa shape index (κ3) is 2.79. The number of benzene rings is 1. The average molecular weight is 276 g/mol. The van der Waals surface area contributed by atoms with E-state index in [0.29, 0.717) is 5.76 Å². The van der Waals surface area contributed by atoms with Crippen molar-refractivity contribution in [3.8, 4) is 11.5 Å². The van der Waals surface area contributed by atoms with Crippen LogP contribution in [0.15, 0.2) is 27.4 Å². The van der Waals surface area contributed by atoms with Gasteiger partial charge in [0.2, 0.25) is 0 Å². The number of unbranched alkanes of at least 4 members (excludes halogenated alkanes) is 1. The minimum atomic E-state index is -0.270. The van der Waals surface area contributed by atoms with Crippen molar-refractivity contribution < 1.29 is 14.6 Å². The Morgan fingerprint density at radius 1 is 1.20 bits per heavy atom. The van der Waals surface area contributed by atoms with Crippen LogP contribution in [0.4, 0.5) is 0 Å². The number of aromatic hydroxyl groups is 2. The van der Waals surface area contributed by atoms with E-state index < -0.39 is 0 Å². The number of fused-ring (bicyclic) bond motifs is 1. The molecule has 0 radical (unpaired) electrons. The summed E-state index contributed by atoms with van der Waals surface area (Å²) >= 11 is 0. The van der Waals surface area contributed by atoms with Crippen molar-refractivity contribution in [1.29, 1.82) is 0 Å². The zero-order chi connectivity index (χ0) is 14.7. The average Bonchev–Trinajstić information content (AvgIpc) is 2.38. The number of hydrogen-bond acceptors (Lipinski definition) is 4. The zero-order valence-corrected chi connectivity index (χ0v) is 11.8. The van der Waals surface area contributed by atoms with Gasteiger partial charge in [0.05, 0.1) is 0 Å². The van der Waals surface area contributed by atoms with E-state index >= 15 is 0 Å². The fraction of sp³-hybridized carbons (Fsp3) is 0.438. The van der Waals surface area contributed by atoms with E-state index in [1.54, 1.807) is 0 Å². The maximum absolute atomic E-state index is 12.1. The maximum Gasteiger partial charge on any atom is 0.196 e. The van der Waals surface area contributed by atoms with Crippen LogP contribution >= 0.6 is 0 Å². The van der Waals surface area contributed by atoms with Crippen LogP contribution in [0.25, 0.3) is 11.0 Å². The first-order valence-electron chi connectivity index (χ1n) is 7.06. The summed E-state index contributed by atoms with van der Waals surface area (Å²) in [6, 6.07) is 3.97. The third-order valence-corrected chi connectivity index (χ3v) is 3.61. The Balaban J connectivity index is 2.54. The molecular formula is C16H20O4. The Morgan fingerprint density at radius 3 is 2.60 bits per heavy atom. The topological polar surface area (TPSA) is 70.7 Å². The summed E-state index contributed by atoms with van der Waals surface area (Å²) in [6.45, 7) is 4.18. The lowest BCUT2D eigenvalue weighted by atomic mass is 9.96. The standard InChI is InChI=1S/C16H20O4/c1-3-5-6-10(4-2)14-9-13(19)16-12(18)7-11(17)8-15(16)20-14/h7-10,17-18H,3-6H2,1-2H3/t10-/m1/s1. The molecule has 4 nitrogen and oxygen atoms in total. The van der Waals surface area contributed by atoms with Crippen LogP contribution in [0.3, 0.4) is 0 Å². The molecule has 1 atom stereocenters. The first-order chi connectivity index (χ1) is 9.56. The molecule has 1 aromatic carbocycles. The van der Waals surface area contributed by atoms with Gasteiger partial charge in [0, 0.05) is 24.1 Å². The van der Waals surface area contributed by atoms with Gasteiger partial charge in [0.25, 0.3) is 0 Å². The lowest BCUT2D eigenvalue weighted by Crippen LogP contribution is -2.06. The Hall–Kier alpha value is -1.97. The van der Waals surface area contributed by atoms with Crippen LogP contribution in [0, 0.1) is 0 Å². The first-order valence-corrected chi connectivity index (χ1v) is 7.06. The van der Waals surface area contributed by atoms with Gasteiger partial charge in [-0.1, -0.05) is 26.7 Å². The molecule has 0 aliphatic heterocycles. The minimum absolute atomic E-state index is 0.114. The van der Waals surface area contributed by atoms with Crippen LogP contribution in [0.1, 0.15) is 51.2 Å². The molecule has 20 heavy (non-hydrogen) atoms. The molecule has 0 aliphatic rings. The van der Waals surface area contributed by atoms with Gasteiger partial charge in [-0.15, -0.1) is 0 Å². The highest BCUT2D eigenvalue weighted by Gasteiger charge is 2.16. The Bertz CT molecular complexity index is 657. The molecule has 1 heterocycles. The van der Waals surface area contributed by atoms with Crippen LogP contribution in [0.5, 0.6) is 11.5 Å². The second-order valence-corrected chi connectivity index (χ2v) is 5.10. The van der Waals surface area contributed by atoms with Gasteiger partial charge < -0.3 is 14.6 Å². The molecule has 0 spiro atoms. The first kappa shape index (κ1) is 14.4. The third-order valence-electron chi connectivity index (χ3n) is 3.61. The van der Waals surface area contributed by atoms with E-state index in [-0.39, 0.29) is 33.8 Å². The molecule has 0 saturated carbocycles. The summed E-state index contributed by atoms with van der Waals surface area (Å²) in [4.78, 5) is 12.1. The summed E-state index contributed by atoms with van der Waals surface area (Å²) in [6.07, 6.45) is 4.02. The van der Waals surface area contributed by atoms with Crippen molar-refractivity contribution in [3.05, 3.63) is 34.2 Å². The van der Waals surface area contributed by atoms with Gasteiger partial charge in [-0.25, -0.2) is 0 Å². The molecule has 4 heteroatoms. The minimum Gasteiger partial charge on any atom is -0.508 e. The SMILES string of the molecule is CCCC[C@@H](CC)c1cc(=O)c2c(O)cc(O)cc2o1. The molecule has 2 N–H and O–H groups in total. The monoisotopic (exact) mass is 276 g/mol. The predicted molar refractivity (Wildman–Crippen MR) is 78.4 cm³/mol. The molecule has 0 bridgehead atoms. The van der Waals surface area contributed by atoms with Crippen molar-refractivity contribution in [1.82, 2.24) is 0 Å². The highest BCUT2D eigenvalue weighted by Crippen LogP contribution is 2.31. The number of phenols is 2. The van der Waals surface area contributed by atoms with Gasteiger partial charge in [-0.2, -0.15) is 0 Å². The molecule has 108 valence electrons. The summed E-state index contributed by atoms with van der Waals surface area (Å²) in [5.74, 6) is 0.457. The highest BCUT2D eigenvalue weighted by atomic mass is 16.3. The van der Waals surface area contributed by atoms with Crippen LogP contribution in [0.2, 0.25) is 0 Å². The lowest BCUT2D eigenvalue weighted by molar-refractivity contribution is 0.432. The van der Waals surface area contributed by atoms with Gasteiger partial charge in [-0.3, -0.25) is 4.79 Å². The van der Waals surface area contributed by atoms with Gasteiger partial charge in [0.1, 0.15) is 28.2 Å². The van der Waals surface area contributed by atoms with E-state index in [4.69, 9.17) is 4.42 Å². The van der Waals surface area contributed by atoms with Crippen LogP contribution < -0.4 is 5.43 Å². The molecule has 0 aliphatic carbocycles. The normalized spacial score (nSPS) is 12.7. The molecular weight excluding hydrogens is 256 g/mol. The van der Waals surface area contributed by atoms with Crippen LogP contribution in [-0.2, 0) is 0 Å². The summed E-state index contributed by atoms with van der Waals surface area (Å²) in [7, 11) is 0. The number of rotatable bonds is 5. The Morgan fingerprint density at radius 2 is 1.95 bits per heavy atom. The van der Waals surface area contributed by atoms with E-state index in [0.717, 1.165) is 31.7 Å². The highest BCUT2D eigenvalue weighted by molar-refractivity contribution is 5.84. The van der Waals surface area contributed by atoms with Crippen molar-refractivity contribution in [2.45, 2.75) is 45.4 Å². The van der Waals surface area contributed by atoms with Gasteiger partial charge >= 0.3 is 0 Å². The lowest BCUT2D eigenvalue weighted by Gasteiger charge is -2.14. The fourth-order valence-electron chi connectivity index (χ4n) is 2.47. The van der Waals surface area contributed by atoms with Crippen molar-refractivity contribution in [2.75, 3.05) is 0 Å². The Labute approximate surface area is 117 Å². The molecule has 0 amide bonds. The number of hydrogen-bond donors (Lipinski definition) is 2. The summed E-state index contributed by atoms with van der Waals surface area (Å²) in [5, 5.41) is 19.4. The maximum atomic E-state index is 12.1. The smallest absolute Gasteiger partial charge is 0.196 e. The quantitative estimate of drug-likeness (QED) is 0.869. The molecule has 2 aromatic rings. The molecule has 0 saturated heterocycles. The van der Waals surface area contributed by atoms with Crippen molar-refractivity contribution in [2.24, 2.45) is 0 Å². The molecule has 2 rings (SSSR count). The van der Waals surface area contributed by atoms with Crippen molar-refractivity contribution in [3.63, 3.8) is 0 Å². The predicted octanol–water partition coefficient (Wildman–Crippen LogP) is 3.89. The fourth-order valence-corrected chi connectivity index (χ4v) is 2.47. The van der Waals surface area contributed by atoms with E-state index in [9.17, 15) is 15.0 Å². The van der Waals surface area contributed by atoms with Crippen LogP contribution in [-0.4, -0.2) is 10.2 Å². The summed E-state index contributed by atoms with van der Waals surface area (Å²) in [5.41, 5.74) is -0.0337. The summed E-state index contributed by atoms with van der Waals surface area (Å²) < 4.78 is 5.73. The van der Waals surface area contributed by atoms with Gasteiger partial charge in [0.15, 0.2) is 5.43 Å². The largest absolute Gasteiger partial charge is 0.508 e. The number of phenolic OH excluding ortho intramolecular Hbond substituents is 2. The Kier molecular flexibility index (Phi) is 4.32. The second-order valence-electron chi connectivity index (χ2n) is 5.10. The molecule has 0 unspecified atom stereocenters.